The van der Waals surface area contributed by atoms with Gasteiger partial charge in [0.05, 0.1) is 12.2 Å². The van der Waals surface area contributed by atoms with Crippen LogP contribution in [0.4, 0.5) is 35.2 Å². The Hall–Kier alpha value is -4.19. The predicted molar refractivity (Wildman–Crippen MR) is 116 cm³/mol. The highest BCUT2D eigenvalue weighted by Crippen LogP contribution is 2.32. The van der Waals surface area contributed by atoms with Crippen molar-refractivity contribution in [2.75, 3.05) is 23.0 Å². The normalized spacial score (nSPS) is 11.4. The van der Waals surface area contributed by atoms with Crippen LogP contribution in [-0.4, -0.2) is 37.7 Å². The fourth-order valence-electron chi connectivity index (χ4n) is 3.22. The van der Waals surface area contributed by atoms with E-state index >= 15 is 0 Å². The van der Waals surface area contributed by atoms with Crippen LogP contribution < -0.4 is 16.0 Å². The van der Waals surface area contributed by atoms with Gasteiger partial charge in [-0.1, -0.05) is 0 Å². The minimum absolute atomic E-state index is 0.0299. The molecule has 0 saturated heterocycles. The molecule has 4 N–H and O–H groups in total. The number of halogens is 3. The van der Waals surface area contributed by atoms with E-state index in [9.17, 15) is 23.1 Å². The first-order chi connectivity index (χ1) is 15.8. The van der Waals surface area contributed by atoms with Crippen molar-refractivity contribution in [3.8, 4) is 5.69 Å². The van der Waals surface area contributed by atoms with Crippen LogP contribution in [0.15, 0.2) is 55.1 Å². The summed E-state index contributed by atoms with van der Waals surface area (Å²) in [5, 5.41) is 17.1. The van der Waals surface area contributed by atoms with Crippen LogP contribution in [0.3, 0.4) is 0 Å². The Morgan fingerprint density at radius 3 is 2.42 bits per heavy atom. The summed E-state index contributed by atoms with van der Waals surface area (Å²) in [6.45, 7) is -0.592. The summed E-state index contributed by atoms with van der Waals surface area (Å²) in [7, 11) is 1.73. The summed E-state index contributed by atoms with van der Waals surface area (Å²) in [5.41, 5.74) is 1.32. The lowest BCUT2D eigenvalue weighted by Crippen LogP contribution is -2.20. The molecule has 12 heteroatoms. The second kappa shape index (κ2) is 8.74. The molecule has 0 radical (unpaired) electrons. The lowest BCUT2D eigenvalue weighted by atomic mass is 10.1. The van der Waals surface area contributed by atoms with E-state index in [1.807, 2.05) is 0 Å². The molecule has 0 fully saturated rings. The molecule has 4 rings (SSSR count). The summed E-state index contributed by atoms with van der Waals surface area (Å²) in [6.07, 6.45) is -1.59. The number of urea groups is 1. The average molecular weight is 457 g/mol. The Bertz CT molecular complexity index is 1300. The monoisotopic (exact) mass is 457 g/mol. The first-order valence-electron chi connectivity index (χ1n) is 9.65. The van der Waals surface area contributed by atoms with E-state index in [1.54, 1.807) is 42.2 Å². The van der Waals surface area contributed by atoms with E-state index in [4.69, 9.17) is 0 Å². The first kappa shape index (κ1) is 22.0. The van der Waals surface area contributed by atoms with Gasteiger partial charge < -0.3 is 21.1 Å². The Morgan fingerprint density at radius 1 is 1.03 bits per heavy atom. The Morgan fingerprint density at radius 2 is 1.76 bits per heavy atom. The third kappa shape index (κ3) is 4.70. The quantitative estimate of drug-likeness (QED) is 0.360. The molecule has 2 amide bonds. The lowest BCUT2D eigenvalue weighted by Gasteiger charge is -2.13. The van der Waals surface area contributed by atoms with E-state index < -0.39 is 24.4 Å². The molecule has 33 heavy (non-hydrogen) atoms. The van der Waals surface area contributed by atoms with Gasteiger partial charge in [0, 0.05) is 24.1 Å². The summed E-state index contributed by atoms with van der Waals surface area (Å²) in [6, 6.07) is 8.88. The smallest absolute Gasteiger partial charge is 0.392 e. The van der Waals surface area contributed by atoms with Crippen molar-refractivity contribution in [1.82, 2.24) is 19.5 Å². The Labute approximate surface area is 185 Å². The van der Waals surface area contributed by atoms with Crippen molar-refractivity contribution < 1.29 is 23.1 Å². The van der Waals surface area contributed by atoms with Gasteiger partial charge in [-0.15, -0.1) is 0 Å². The van der Waals surface area contributed by atoms with E-state index in [2.05, 4.69) is 30.9 Å². The van der Waals surface area contributed by atoms with Crippen molar-refractivity contribution >= 4 is 34.4 Å². The summed E-state index contributed by atoms with van der Waals surface area (Å²) >= 11 is 0. The molecule has 0 aliphatic carbocycles. The van der Waals surface area contributed by atoms with E-state index in [-0.39, 0.29) is 11.3 Å². The third-order valence-corrected chi connectivity index (χ3v) is 4.73. The molecule has 2 aromatic carbocycles. The number of aliphatic hydroxyl groups excluding tert-OH is 1. The summed E-state index contributed by atoms with van der Waals surface area (Å²) in [5.74, 6) is 0.590. The van der Waals surface area contributed by atoms with Crippen LogP contribution in [-0.2, 0) is 12.8 Å². The number of nitrogens with zero attached hydrogens (tertiary/aromatic N) is 4. The van der Waals surface area contributed by atoms with Crippen LogP contribution in [0.25, 0.3) is 16.9 Å². The zero-order chi connectivity index (χ0) is 23.6. The zero-order valence-corrected chi connectivity index (χ0v) is 17.2. The van der Waals surface area contributed by atoms with Crippen molar-refractivity contribution in [3.05, 3.63) is 66.2 Å². The molecule has 0 bridgehead atoms. The summed E-state index contributed by atoms with van der Waals surface area (Å²) < 4.78 is 40.9. The number of fused-ring (bicyclic) bond motifs is 1. The van der Waals surface area contributed by atoms with Gasteiger partial charge in [-0.25, -0.2) is 19.7 Å². The molecule has 9 nitrogen and oxygen atoms in total. The van der Waals surface area contributed by atoms with Gasteiger partial charge in [-0.05, 0) is 48.0 Å². The minimum Gasteiger partial charge on any atom is -0.392 e. The fourth-order valence-corrected chi connectivity index (χ4v) is 3.22. The summed E-state index contributed by atoms with van der Waals surface area (Å²) in [4.78, 5) is 25.0. The predicted octanol–water partition coefficient (Wildman–Crippen LogP) is 4.01. The maximum absolute atomic E-state index is 13.0. The van der Waals surface area contributed by atoms with Gasteiger partial charge in [0.1, 0.15) is 12.7 Å². The molecule has 0 spiro atoms. The van der Waals surface area contributed by atoms with Crippen molar-refractivity contribution in [3.63, 3.8) is 0 Å². The molecule has 4 aromatic rings. The van der Waals surface area contributed by atoms with Gasteiger partial charge in [-0.2, -0.15) is 13.2 Å². The molecule has 0 aliphatic heterocycles. The number of benzene rings is 2. The molecule has 0 atom stereocenters. The van der Waals surface area contributed by atoms with Crippen LogP contribution >= 0.6 is 0 Å². The average Bonchev–Trinajstić information content (AvgIpc) is 3.23. The van der Waals surface area contributed by atoms with Crippen molar-refractivity contribution in [1.29, 1.82) is 0 Å². The van der Waals surface area contributed by atoms with Crippen LogP contribution in [0.5, 0.6) is 0 Å². The third-order valence-electron chi connectivity index (χ3n) is 4.73. The maximum Gasteiger partial charge on any atom is 0.416 e. The Balaban J connectivity index is 1.50. The number of anilines is 3. The van der Waals surface area contributed by atoms with Gasteiger partial charge >= 0.3 is 12.2 Å². The van der Waals surface area contributed by atoms with Gasteiger partial charge in [0.25, 0.3) is 0 Å². The standard InChI is InChI=1S/C21H18F3N7O2/c1-25-18-17-19(27-10-26-18)31(11-28-17)16-4-2-14(3-5-16)29-20(33)30-15-7-12(9-32)6-13(8-15)21(22,23)24/h2-8,10-11,32H,9H2,1H3,(H,25,26,27)(H2,29,30,33). The number of nitrogens with one attached hydrogen (secondary N) is 3. The largest absolute Gasteiger partial charge is 0.416 e. The number of rotatable bonds is 5. The van der Waals surface area contributed by atoms with Crippen molar-refractivity contribution in [2.24, 2.45) is 0 Å². The minimum atomic E-state index is -4.61. The van der Waals surface area contributed by atoms with Gasteiger partial charge in [-0.3, -0.25) is 4.57 Å². The zero-order valence-electron chi connectivity index (χ0n) is 17.2. The van der Waals surface area contributed by atoms with Crippen LogP contribution in [0.1, 0.15) is 11.1 Å². The number of carbonyl (C=O) groups excluding carboxylic acids is 1. The maximum atomic E-state index is 13.0. The number of carbonyl (C=O) groups is 1. The molecule has 0 aliphatic rings. The number of aromatic nitrogens is 4. The van der Waals surface area contributed by atoms with E-state index in [0.29, 0.717) is 22.7 Å². The van der Waals surface area contributed by atoms with E-state index in [0.717, 1.165) is 17.8 Å². The number of aliphatic hydroxyl groups is 1. The second-order valence-electron chi connectivity index (χ2n) is 6.96. The SMILES string of the molecule is CNc1ncnc2c1ncn2-c1ccc(NC(=O)Nc2cc(CO)cc(C(F)(F)F)c2)cc1. The van der Waals surface area contributed by atoms with Crippen LogP contribution in [0, 0.1) is 0 Å². The fraction of sp³-hybridized carbons (Fsp3) is 0.143. The lowest BCUT2D eigenvalue weighted by molar-refractivity contribution is -0.137. The second-order valence-corrected chi connectivity index (χ2v) is 6.96. The molecule has 170 valence electrons. The molecule has 2 aromatic heterocycles. The number of alkyl halides is 3. The molecular weight excluding hydrogens is 439 g/mol. The molecular formula is C21H18F3N7O2. The van der Waals surface area contributed by atoms with Crippen LogP contribution in [0.2, 0.25) is 0 Å². The van der Waals surface area contributed by atoms with Crippen molar-refractivity contribution in [2.45, 2.75) is 12.8 Å². The van der Waals surface area contributed by atoms with Gasteiger partial charge in [0.15, 0.2) is 17.0 Å². The number of hydrogen-bond acceptors (Lipinski definition) is 6. The topological polar surface area (TPSA) is 117 Å². The molecule has 0 unspecified atom stereocenters. The highest BCUT2D eigenvalue weighted by molar-refractivity contribution is 6.00. The number of hydrogen-bond donors (Lipinski definition) is 4. The molecule has 0 saturated carbocycles. The van der Waals surface area contributed by atoms with Gasteiger partial charge in [0.2, 0.25) is 0 Å². The first-order valence-corrected chi connectivity index (χ1v) is 9.65. The number of amides is 2. The highest BCUT2D eigenvalue weighted by Gasteiger charge is 2.31. The number of imidazole rings is 1. The molecule has 2 heterocycles. The van der Waals surface area contributed by atoms with E-state index in [1.165, 1.54) is 12.4 Å². The highest BCUT2D eigenvalue weighted by atomic mass is 19.4. The Kier molecular flexibility index (Phi) is 5.84.